The number of ether oxygens (including phenoxy) is 1. The Morgan fingerprint density at radius 3 is 2.30 bits per heavy atom. The van der Waals surface area contributed by atoms with Crippen LogP contribution in [0, 0.1) is 13.5 Å². The first-order chi connectivity index (χ1) is 35.0. The zero-order valence-corrected chi connectivity index (χ0v) is 47.7. The van der Waals surface area contributed by atoms with Crippen molar-refractivity contribution in [1.82, 2.24) is 4.67 Å². The lowest BCUT2D eigenvalue weighted by Crippen LogP contribution is -2.36. The molecule has 3 aromatic rings. The molecule has 0 spiro atoms. The number of aliphatic imine (C=N–C) groups is 1. The Labute approximate surface area is 445 Å². The van der Waals surface area contributed by atoms with Crippen LogP contribution >= 0.6 is 19.4 Å². The molecule has 404 valence electrons. The van der Waals surface area contributed by atoms with Crippen LogP contribution in [0.5, 0.6) is 5.75 Å². The first kappa shape index (κ1) is 59.0. The van der Waals surface area contributed by atoms with Gasteiger partial charge >= 0.3 is 5.82 Å². The fourth-order valence-corrected chi connectivity index (χ4v) is 12.8. The van der Waals surface area contributed by atoms with E-state index in [0.717, 1.165) is 95.6 Å². The highest BCUT2D eigenvalue weighted by atomic mass is 32.3. The average Bonchev–Trinajstić information content (AvgIpc) is 3.71. The number of nitrogens with zero attached hydrogens (tertiary/aromatic N) is 5. The second-order valence-electron chi connectivity index (χ2n) is 21.1. The van der Waals surface area contributed by atoms with E-state index in [4.69, 9.17) is 25.3 Å². The van der Waals surface area contributed by atoms with E-state index in [1.165, 1.54) is 17.8 Å². The van der Waals surface area contributed by atoms with Crippen LogP contribution in [-0.2, 0) is 36.5 Å². The molecule has 17 heteroatoms. The van der Waals surface area contributed by atoms with E-state index in [2.05, 4.69) is 118 Å². The minimum Gasteiger partial charge on any atom is -0.830 e. The Morgan fingerprint density at radius 1 is 0.878 bits per heavy atom. The largest absolute Gasteiger partial charge is 0.830 e. The first-order valence-corrected chi connectivity index (χ1v) is 30.3. The maximum Gasteiger partial charge on any atom is 0.327 e. The lowest BCUT2D eigenvalue weighted by molar-refractivity contribution is -0.686. The Hall–Kier alpha value is -4.24. The SMILES string of the molecule is [C-]#[N+]CCOP(OCCCCOc1cccc(C2=C(/C=C/C3=Nc4c(cc(S([O-])([O-])[O-])c[n+]4CCCC)C3(C)C)CCC/C2=C\C=C2\N(CCCCS(=O)(=O)[O-])c3ccc(C)cc3C2(C)C)c1)N(C(C)C)C(C)C. The highest BCUT2D eigenvalue weighted by Crippen LogP contribution is 2.50. The number of hydrogen-bond acceptors (Lipinski definition) is 12. The van der Waals surface area contributed by atoms with Crippen LogP contribution < -0.4 is 14.2 Å². The molecule has 1 aromatic heterocycles. The molecular weight excluding hydrogens is 994 g/mol. The summed E-state index contributed by atoms with van der Waals surface area (Å²) in [7, 11) is -10.4. The molecule has 3 heterocycles. The Balaban J connectivity index is 1.35. The number of aryl methyl sites for hydroxylation is 2. The summed E-state index contributed by atoms with van der Waals surface area (Å²) in [5, 5.41) is 0. The summed E-state index contributed by atoms with van der Waals surface area (Å²) in [5.41, 5.74) is 9.20. The van der Waals surface area contributed by atoms with Gasteiger partial charge in [0.2, 0.25) is 6.54 Å². The number of benzene rings is 2. The molecule has 1 aliphatic carbocycles. The number of allylic oxidation sites excluding steroid dienone is 8. The van der Waals surface area contributed by atoms with Gasteiger partial charge in [0.15, 0.2) is 5.71 Å². The van der Waals surface area contributed by atoms with Gasteiger partial charge < -0.3 is 52.6 Å². The molecule has 0 fully saturated rings. The van der Waals surface area contributed by atoms with Crippen LogP contribution in [0.1, 0.15) is 142 Å². The second-order valence-corrected chi connectivity index (χ2v) is 25.4. The van der Waals surface area contributed by atoms with E-state index in [1.807, 2.05) is 36.6 Å². The fourth-order valence-electron chi connectivity index (χ4n) is 10.1. The molecule has 2 aromatic carbocycles. The van der Waals surface area contributed by atoms with E-state index in [9.17, 15) is 26.6 Å². The van der Waals surface area contributed by atoms with Crippen molar-refractivity contribution in [2.45, 2.75) is 161 Å². The topological polar surface area (TPSA) is 181 Å². The number of hydrogen-bond donors (Lipinski definition) is 0. The second kappa shape index (κ2) is 25.7. The number of anilines is 1. The Bertz CT molecular complexity index is 2760. The molecular formula is C57H77N5O9PS2-3. The third-order valence-electron chi connectivity index (χ3n) is 13.9. The third-order valence-corrected chi connectivity index (χ3v) is 17.6. The predicted octanol–water partition coefficient (Wildman–Crippen LogP) is 12.6. The van der Waals surface area contributed by atoms with Gasteiger partial charge in [-0.2, -0.15) is 0 Å². The molecule has 6 rings (SSSR count). The van der Waals surface area contributed by atoms with E-state index >= 15 is 0 Å². The van der Waals surface area contributed by atoms with Crippen LogP contribution in [0.4, 0.5) is 11.5 Å². The maximum atomic E-state index is 12.4. The molecule has 0 N–H and O–H groups in total. The minimum atomic E-state index is -4.72. The van der Waals surface area contributed by atoms with E-state index in [1.54, 1.807) is 0 Å². The van der Waals surface area contributed by atoms with Crippen molar-refractivity contribution in [3.63, 3.8) is 0 Å². The number of aromatic nitrogens is 1. The Kier molecular flexibility index (Phi) is 20.5. The minimum absolute atomic E-state index is 0.221. The zero-order chi connectivity index (χ0) is 54.0. The third kappa shape index (κ3) is 14.8. The van der Waals surface area contributed by atoms with Crippen LogP contribution in [-0.4, -0.2) is 87.8 Å². The van der Waals surface area contributed by atoms with E-state index < -0.39 is 40.7 Å². The molecule has 1 unspecified atom stereocenters. The molecule has 0 radical (unpaired) electrons. The molecule has 0 saturated heterocycles. The van der Waals surface area contributed by atoms with Gasteiger partial charge in [0, 0.05) is 41.2 Å². The van der Waals surface area contributed by atoms with Crippen LogP contribution in [0.25, 0.3) is 10.4 Å². The van der Waals surface area contributed by atoms with Crippen molar-refractivity contribution in [3.05, 3.63) is 130 Å². The van der Waals surface area contributed by atoms with E-state index in [-0.39, 0.29) is 28.8 Å². The van der Waals surface area contributed by atoms with Crippen molar-refractivity contribution in [1.29, 1.82) is 0 Å². The summed E-state index contributed by atoms with van der Waals surface area (Å²) < 4.78 is 94.7. The first-order valence-electron chi connectivity index (χ1n) is 26.2. The molecule has 74 heavy (non-hydrogen) atoms. The standard InChI is InChI=1S/C57H80N5O9PS2/c1-12-13-31-60-40-48(74(66,67)68)39-50-55(60)59-52(56(50,7)8)28-25-44-20-18-21-45(26-29-53-57(9,10)49-37-43(6)24-27-51(49)61(53)32-14-17-36-73(63,64)65)54(44)46-22-19-23-47(38-46)69-33-15-16-34-70-72(71-35-30-58-11)62(41(2)3)42(4)5/h19,22-29,37-42H,12-18,20-21,30-36H2,1-10H3,(H3-,63,64,65,66,67,68)/p-3. The van der Waals surface area contributed by atoms with Gasteiger partial charge in [-0.25, -0.2) is 24.2 Å². The number of unbranched alkanes of at least 4 members (excludes halogenated alkanes) is 3. The lowest BCUT2D eigenvalue weighted by atomic mass is 9.80. The van der Waals surface area contributed by atoms with Gasteiger partial charge in [-0.15, -0.1) is 0 Å². The van der Waals surface area contributed by atoms with Gasteiger partial charge in [0.25, 0.3) is 8.53 Å². The van der Waals surface area contributed by atoms with Gasteiger partial charge in [-0.05, 0) is 174 Å². The Morgan fingerprint density at radius 2 is 1.61 bits per heavy atom. The fraction of sp³-hybridized carbons (Fsp3) is 0.526. The summed E-state index contributed by atoms with van der Waals surface area (Å²) in [5.74, 6) is 1.00. The van der Waals surface area contributed by atoms with Gasteiger partial charge in [-0.3, -0.25) is 0 Å². The zero-order valence-electron chi connectivity index (χ0n) is 45.1. The number of fused-ring (bicyclic) bond motifs is 2. The summed E-state index contributed by atoms with van der Waals surface area (Å²) in [6.45, 7) is 31.0. The molecule has 1 atom stereocenters. The quantitative estimate of drug-likeness (QED) is 0.0245. The summed E-state index contributed by atoms with van der Waals surface area (Å²) in [6, 6.07) is 16.6. The smallest absolute Gasteiger partial charge is 0.327 e. The molecule has 14 nitrogen and oxygen atoms in total. The monoisotopic (exact) mass is 1070 g/mol. The lowest BCUT2D eigenvalue weighted by Gasteiger charge is -2.63. The van der Waals surface area contributed by atoms with Gasteiger partial charge in [0.05, 0.1) is 47.1 Å². The summed E-state index contributed by atoms with van der Waals surface area (Å²) in [4.78, 5) is 10.6. The van der Waals surface area contributed by atoms with Crippen LogP contribution in [0.3, 0.4) is 0 Å². The highest BCUT2D eigenvalue weighted by Gasteiger charge is 2.43. The van der Waals surface area contributed by atoms with Crippen molar-refractivity contribution < 1.29 is 45.0 Å². The van der Waals surface area contributed by atoms with E-state index in [0.29, 0.717) is 57.3 Å². The number of pyridine rings is 1. The average molecular weight is 1070 g/mol. The van der Waals surface area contributed by atoms with Crippen molar-refractivity contribution in [2.24, 2.45) is 4.99 Å². The molecule has 2 aliphatic heterocycles. The normalized spacial score (nSPS) is 18.3. The van der Waals surface area contributed by atoms with Gasteiger partial charge in [-0.1, -0.05) is 69.2 Å². The summed E-state index contributed by atoms with van der Waals surface area (Å²) >= 11 is 0. The molecule has 0 saturated carbocycles. The summed E-state index contributed by atoms with van der Waals surface area (Å²) in [6.07, 6.45) is 16.6. The highest BCUT2D eigenvalue weighted by molar-refractivity contribution is 8.19. The molecule has 0 bridgehead atoms. The van der Waals surface area contributed by atoms with Crippen LogP contribution in [0.2, 0.25) is 0 Å². The molecule has 3 aliphatic rings. The van der Waals surface area contributed by atoms with Crippen molar-refractivity contribution in [2.75, 3.05) is 43.6 Å². The van der Waals surface area contributed by atoms with Gasteiger partial charge in [0.1, 0.15) is 12.4 Å². The van der Waals surface area contributed by atoms with Crippen molar-refractivity contribution >= 4 is 52.3 Å². The van der Waals surface area contributed by atoms with Crippen molar-refractivity contribution in [3.8, 4) is 5.75 Å². The maximum absolute atomic E-state index is 12.4. The number of rotatable bonds is 26. The predicted molar refractivity (Wildman–Crippen MR) is 295 cm³/mol. The van der Waals surface area contributed by atoms with Crippen LogP contribution in [0.15, 0.2) is 106 Å². The molecule has 0 amide bonds.